The van der Waals surface area contributed by atoms with Gasteiger partial charge in [0, 0.05) is 65.9 Å². The number of halogens is 1. The van der Waals surface area contributed by atoms with E-state index in [-0.39, 0.29) is 37.0 Å². The number of rotatable bonds is 14. The molecule has 57 heavy (non-hydrogen) atoms. The topological polar surface area (TPSA) is 154 Å². The number of carbonyl (C=O) groups excluding carboxylic acids is 4. The number of hydrogen-bond donors (Lipinski definition) is 3. The predicted octanol–water partition coefficient (Wildman–Crippen LogP) is 5.15. The van der Waals surface area contributed by atoms with Crippen molar-refractivity contribution < 1.29 is 19.2 Å². The van der Waals surface area contributed by atoms with Gasteiger partial charge in [0.05, 0.1) is 18.6 Å². The Kier molecular flexibility index (Phi) is 12.8. The zero-order valence-electron chi connectivity index (χ0n) is 32.8. The number of amides is 4. The molecule has 0 aliphatic carbocycles. The van der Waals surface area contributed by atoms with Crippen LogP contribution in [0.4, 0.5) is 5.69 Å². The van der Waals surface area contributed by atoms with Gasteiger partial charge in [-0.2, -0.15) is 0 Å². The molecular formula is C42H50ClN9O4S. The highest BCUT2D eigenvalue weighted by Gasteiger charge is 2.33. The second-order valence-electron chi connectivity index (χ2n) is 15.1. The van der Waals surface area contributed by atoms with E-state index in [0.29, 0.717) is 23.8 Å². The molecule has 4 aromatic rings. The number of nitrogens with zero attached hydrogens (tertiary/aromatic N) is 6. The van der Waals surface area contributed by atoms with Crippen molar-refractivity contribution in [2.75, 3.05) is 44.2 Å². The molecule has 15 heteroatoms. The van der Waals surface area contributed by atoms with Crippen molar-refractivity contribution in [2.45, 2.75) is 84.2 Å². The summed E-state index contributed by atoms with van der Waals surface area (Å²) in [4.78, 5) is 60.7. The Bertz CT molecular complexity index is 2160. The van der Waals surface area contributed by atoms with Crippen LogP contribution in [0.5, 0.6) is 0 Å². The molecule has 0 saturated carbocycles. The van der Waals surface area contributed by atoms with Gasteiger partial charge in [0.25, 0.3) is 0 Å². The van der Waals surface area contributed by atoms with Crippen molar-refractivity contribution in [2.24, 2.45) is 4.99 Å². The lowest BCUT2D eigenvalue weighted by molar-refractivity contribution is -0.137. The molecular weight excluding hydrogens is 762 g/mol. The number of benzene rings is 2. The van der Waals surface area contributed by atoms with Crippen LogP contribution < -0.4 is 20.9 Å². The van der Waals surface area contributed by atoms with Gasteiger partial charge in [-0.05, 0) is 82.0 Å². The molecule has 3 aliphatic rings. The Hall–Kier alpha value is -4.92. The summed E-state index contributed by atoms with van der Waals surface area (Å²) in [7, 11) is 0. The van der Waals surface area contributed by atoms with E-state index in [4.69, 9.17) is 16.6 Å². The fraction of sp³-hybridized carbons (Fsp3) is 0.452. The van der Waals surface area contributed by atoms with E-state index < -0.39 is 18.0 Å². The number of thiophene rings is 1. The standard InChI is InChI=1S/C42H50ClN9O4S/c1-26-27(2)57-42-38(26)39(30-11-13-31(43)14-12-30)46-34(40-49-48-28(3)52(40)42)25-36(54)44-17-6-4-5-7-18-50-19-21-51(22-20-50)32-10-8-9-29(23-32)24-37(55)45-33-15-16-35(53)47-41(33)56/h8-14,23,33-34H,4-7,15-22,24-25H2,1-3H3,(H,44,54)(H,45,55)(H,47,53,56)/t33?,34-/m0/s1. The van der Waals surface area contributed by atoms with Crippen LogP contribution in [0.25, 0.3) is 5.00 Å². The number of fused-ring (bicyclic) bond motifs is 3. The monoisotopic (exact) mass is 811 g/mol. The van der Waals surface area contributed by atoms with Crippen LogP contribution in [0.2, 0.25) is 5.02 Å². The minimum absolute atomic E-state index is 0.0523. The number of carbonyl (C=O) groups is 4. The second kappa shape index (κ2) is 18.1. The first-order chi connectivity index (χ1) is 27.5. The Morgan fingerprint density at radius 1 is 0.947 bits per heavy atom. The number of imide groups is 1. The highest BCUT2D eigenvalue weighted by Crippen LogP contribution is 2.39. The number of nitrogens with one attached hydrogen (secondary N) is 3. The molecule has 3 N–H and O–H groups in total. The summed E-state index contributed by atoms with van der Waals surface area (Å²) in [5.74, 6) is 0.423. The Morgan fingerprint density at radius 3 is 2.49 bits per heavy atom. The summed E-state index contributed by atoms with van der Waals surface area (Å²) < 4.78 is 2.07. The number of piperidine rings is 1. The van der Waals surface area contributed by atoms with Gasteiger partial charge in [-0.25, -0.2) is 0 Å². The van der Waals surface area contributed by atoms with Crippen LogP contribution in [0.1, 0.15) is 89.8 Å². The minimum Gasteiger partial charge on any atom is -0.369 e. The van der Waals surface area contributed by atoms with Crippen molar-refractivity contribution in [3.63, 3.8) is 0 Å². The Balaban J connectivity index is 0.831. The van der Waals surface area contributed by atoms with E-state index in [1.54, 1.807) is 11.3 Å². The molecule has 5 heterocycles. The van der Waals surface area contributed by atoms with Crippen molar-refractivity contribution in [1.29, 1.82) is 0 Å². The molecule has 4 amide bonds. The smallest absolute Gasteiger partial charge is 0.249 e. The fourth-order valence-corrected chi connectivity index (χ4v) is 9.12. The van der Waals surface area contributed by atoms with Crippen LogP contribution in [-0.2, 0) is 25.6 Å². The number of hydrogen-bond acceptors (Lipinski definition) is 10. The maximum Gasteiger partial charge on any atom is 0.249 e. The average Bonchev–Trinajstić information content (AvgIpc) is 3.67. The zero-order valence-corrected chi connectivity index (χ0v) is 34.3. The van der Waals surface area contributed by atoms with Crippen LogP contribution in [0, 0.1) is 20.8 Å². The lowest BCUT2D eigenvalue weighted by Gasteiger charge is -2.36. The Labute approximate surface area is 342 Å². The minimum atomic E-state index is -0.666. The zero-order chi connectivity index (χ0) is 40.1. The van der Waals surface area contributed by atoms with Crippen LogP contribution in [0.3, 0.4) is 0 Å². The third-order valence-electron chi connectivity index (χ3n) is 11.0. The molecule has 2 aromatic carbocycles. The van der Waals surface area contributed by atoms with Gasteiger partial charge in [-0.3, -0.25) is 39.0 Å². The molecule has 2 aromatic heterocycles. The molecule has 7 rings (SSSR count). The molecule has 300 valence electrons. The third kappa shape index (κ3) is 9.62. The lowest BCUT2D eigenvalue weighted by atomic mass is 9.99. The molecule has 2 saturated heterocycles. The van der Waals surface area contributed by atoms with Crippen LogP contribution in [-0.4, -0.2) is 94.3 Å². The van der Waals surface area contributed by atoms with Gasteiger partial charge >= 0.3 is 0 Å². The van der Waals surface area contributed by atoms with Crippen LogP contribution in [0.15, 0.2) is 53.5 Å². The Morgan fingerprint density at radius 2 is 1.72 bits per heavy atom. The number of aromatic nitrogens is 3. The summed E-state index contributed by atoms with van der Waals surface area (Å²) in [5, 5.41) is 18.8. The van der Waals surface area contributed by atoms with E-state index >= 15 is 0 Å². The van der Waals surface area contributed by atoms with E-state index in [9.17, 15) is 19.2 Å². The maximum atomic E-state index is 13.3. The van der Waals surface area contributed by atoms with Gasteiger partial charge in [0.1, 0.15) is 22.9 Å². The summed E-state index contributed by atoms with van der Waals surface area (Å²) in [6.45, 7) is 11.6. The number of aliphatic imine (C=N–C) groups is 1. The number of piperazine rings is 1. The molecule has 3 aliphatic heterocycles. The predicted molar refractivity (Wildman–Crippen MR) is 222 cm³/mol. The van der Waals surface area contributed by atoms with Crippen molar-refractivity contribution in [3.05, 3.63) is 92.3 Å². The van der Waals surface area contributed by atoms with Gasteiger partial charge in [0.2, 0.25) is 23.6 Å². The SMILES string of the molecule is Cc1sc2c(c1C)C(c1ccc(Cl)cc1)=N[C@@H](CC(=O)NCCCCCCN1CCN(c3cccc(CC(=O)NC4CCC(=O)NC4=O)c3)CC1)c1nnc(C)n1-2. The lowest BCUT2D eigenvalue weighted by Crippen LogP contribution is -2.52. The molecule has 2 fully saturated rings. The third-order valence-corrected chi connectivity index (χ3v) is 12.5. The van der Waals surface area contributed by atoms with Gasteiger partial charge in [-0.1, -0.05) is 48.7 Å². The van der Waals surface area contributed by atoms with Gasteiger partial charge < -0.3 is 15.5 Å². The quantitative estimate of drug-likeness (QED) is 0.117. The average molecular weight is 812 g/mol. The van der Waals surface area contributed by atoms with Crippen molar-refractivity contribution in [3.8, 4) is 5.00 Å². The van der Waals surface area contributed by atoms with E-state index in [1.807, 2.05) is 43.3 Å². The second-order valence-corrected chi connectivity index (χ2v) is 16.8. The molecule has 0 radical (unpaired) electrons. The normalized spacial score (nSPS) is 18.3. The first kappa shape index (κ1) is 40.3. The van der Waals surface area contributed by atoms with E-state index in [1.165, 1.54) is 4.88 Å². The first-order valence-corrected chi connectivity index (χ1v) is 21.1. The fourth-order valence-electron chi connectivity index (χ4n) is 7.78. The molecule has 13 nitrogen and oxygen atoms in total. The summed E-state index contributed by atoms with van der Waals surface area (Å²) >= 11 is 7.94. The number of anilines is 1. The number of aryl methyl sites for hydroxylation is 2. The summed E-state index contributed by atoms with van der Waals surface area (Å²) in [5.41, 5.74) is 5.98. The van der Waals surface area contributed by atoms with Crippen molar-refractivity contribution >= 4 is 58.0 Å². The highest BCUT2D eigenvalue weighted by molar-refractivity contribution is 7.15. The van der Waals surface area contributed by atoms with E-state index in [0.717, 1.165) is 103 Å². The molecule has 1 unspecified atom stereocenters. The first-order valence-electron chi connectivity index (χ1n) is 19.9. The molecule has 0 bridgehead atoms. The highest BCUT2D eigenvalue weighted by atomic mass is 35.5. The molecule has 0 spiro atoms. The largest absolute Gasteiger partial charge is 0.369 e. The van der Waals surface area contributed by atoms with Gasteiger partial charge in [-0.15, -0.1) is 21.5 Å². The molecule has 2 atom stereocenters. The maximum absolute atomic E-state index is 13.3. The summed E-state index contributed by atoms with van der Waals surface area (Å²) in [6, 6.07) is 14.6. The van der Waals surface area contributed by atoms with Gasteiger partial charge in [0.15, 0.2) is 5.82 Å². The van der Waals surface area contributed by atoms with Crippen molar-refractivity contribution in [1.82, 2.24) is 35.6 Å². The summed E-state index contributed by atoms with van der Waals surface area (Å²) in [6.07, 6.45) is 5.07. The van der Waals surface area contributed by atoms with E-state index in [2.05, 4.69) is 66.5 Å². The van der Waals surface area contributed by atoms with Crippen LogP contribution >= 0.6 is 22.9 Å². The number of unbranched alkanes of at least 4 members (excludes halogenated alkanes) is 3.